The molecule has 0 spiro atoms. The van der Waals surface area contributed by atoms with E-state index >= 15 is 0 Å². The third-order valence-electron chi connectivity index (χ3n) is 3.03. The molecule has 2 atom stereocenters. The monoisotopic (exact) mass is 315 g/mol. The summed E-state index contributed by atoms with van der Waals surface area (Å²) in [5.41, 5.74) is 6.16. The number of rotatable bonds is 4. The van der Waals surface area contributed by atoms with Gasteiger partial charge in [-0.15, -0.1) is 0 Å². The van der Waals surface area contributed by atoms with Crippen molar-refractivity contribution in [1.82, 2.24) is 0 Å². The number of halogens is 2. The van der Waals surface area contributed by atoms with Gasteiger partial charge in [-0.3, -0.25) is 4.79 Å². The lowest BCUT2D eigenvalue weighted by atomic mass is 10.0. The fourth-order valence-electron chi connectivity index (χ4n) is 2.14. The van der Waals surface area contributed by atoms with E-state index in [1.165, 1.54) is 12.1 Å². The summed E-state index contributed by atoms with van der Waals surface area (Å²) in [5, 5.41) is 0. The molecular weight excluding hydrogens is 301 g/mol. The molecule has 0 bridgehead atoms. The van der Waals surface area contributed by atoms with Crippen molar-refractivity contribution < 1.29 is 13.9 Å². The van der Waals surface area contributed by atoms with Crippen LogP contribution in [0.2, 0.25) is 0 Å². The maximum Gasteiger partial charge on any atom is 0.165 e. The maximum absolute atomic E-state index is 13.2. The van der Waals surface area contributed by atoms with Gasteiger partial charge >= 0.3 is 0 Å². The zero-order valence-electron chi connectivity index (χ0n) is 9.86. The first-order valence-electron chi connectivity index (χ1n) is 5.91. The van der Waals surface area contributed by atoms with Gasteiger partial charge in [-0.05, 0) is 36.6 Å². The van der Waals surface area contributed by atoms with Crippen molar-refractivity contribution in [3.63, 3.8) is 0 Å². The largest absolute Gasteiger partial charge is 0.366 e. The summed E-state index contributed by atoms with van der Waals surface area (Å²) in [7, 11) is 0. The normalized spacial score (nSPS) is 23.3. The summed E-state index contributed by atoms with van der Waals surface area (Å²) in [5.74, 6) is -0.359. The topological polar surface area (TPSA) is 52.3 Å². The van der Waals surface area contributed by atoms with Gasteiger partial charge in [0.1, 0.15) is 11.9 Å². The summed E-state index contributed by atoms with van der Waals surface area (Å²) in [6.07, 6.45) is 1.31. The molecule has 1 fully saturated rings. The Morgan fingerprint density at radius 2 is 2.22 bits per heavy atom. The fraction of sp³-hybridized carbons (Fsp3) is 0.462. The highest BCUT2D eigenvalue weighted by atomic mass is 79.9. The quantitative estimate of drug-likeness (QED) is 0.926. The molecular formula is C13H15BrFNO2. The molecule has 1 heterocycles. The van der Waals surface area contributed by atoms with E-state index in [4.69, 9.17) is 10.5 Å². The summed E-state index contributed by atoms with van der Waals surface area (Å²) in [6.45, 7) is 0.440. The van der Waals surface area contributed by atoms with Crippen molar-refractivity contribution in [1.29, 1.82) is 0 Å². The molecule has 0 amide bonds. The number of nitrogens with two attached hydrogens (primary N) is 1. The number of benzene rings is 1. The summed E-state index contributed by atoms with van der Waals surface area (Å²) in [4.78, 5) is 12.0. The molecule has 2 N–H and O–H groups in total. The molecule has 1 aromatic carbocycles. The maximum atomic E-state index is 13.2. The standard InChI is InChI=1S/C13H15BrFNO2/c14-9-3-8(4-10(15)6-9)5-12(17)13-2-1-11(7-16)18-13/h3-4,6,11,13H,1-2,5,7,16H2. The van der Waals surface area contributed by atoms with Gasteiger partial charge in [0.25, 0.3) is 0 Å². The zero-order valence-corrected chi connectivity index (χ0v) is 11.5. The molecule has 0 saturated carbocycles. The highest BCUT2D eigenvalue weighted by Gasteiger charge is 2.29. The Kier molecular flexibility index (Phi) is 4.48. The second-order valence-electron chi connectivity index (χ2n) is 4.48. The molecule has 1 aliphatic heterocycles. The van der Waals surface area contributed by atoms with Crippen LogP contribution in [0.5, 0.6) is 0 Å². The minimum absolute atomic E-state index is 0.0107. The molecule has 18 heavy (non-hydrogen) atoms. The molecule has 0 aromatic heterocycles. The van der Waals surface area contributed by atoms with E-state index in [1.807, 2.05) is 0 Å². The molecule has 1 aromatic rings. The lowest BCUT2D eigenvalue weighted by Gasteiger charge is -2.11. The highest BCUT2D eigenvalue weighted by Crippen LogP contribution is 2.22. The van der Waals surface area contributed by atoms with Crippen LogP contribution in [0.4, 0.5) is 4.39 Å². The van der Waals surface area contributed by atoms with E-state index in [0.717, 1.165) is 6.42 Å². The Bertz CT molecular complexity index is 432. The average molecular weight is 316 g/mol. The molecule has 2 rings (SSSR count). The smallest absolute Gasteiger partial charge is 0.165 e. The number of ether oxygens (including phenoxy) is 1. The first kappa shape index (κ1) is 13.6. The van der Waals surface area contributed by atoms with Crippen LogP contribution in [0.25, 0.3) is 0 Å². The van der Waals surface area contributed by atoms with Crippen molar-refractivity contribution in [2.45, 2.75) is 31.5 Å². The first-order valence-corrected chi connectivity index (χ1v) is 6.71. The van der Waals surface area contributed by atoms with E-state index in [2.05, 4.69) is 15.9 Å². The summed E-state index contributed by atoms with van der Waals surface area (Å²) in [6, 6.07) is 4.48. The second-order valence-corrected chi connectivity index (χ2v) is 5.40. The predicted octanol–water partition coefficient (Wildman–Crippen LogP) is 2.21. The number of carbonyl (C=O) groups is 1. The van der Waals surface area contributed by atoms with Crippen molar-refractivity contribution >= 4 is 21.7 Å². The SMILES string of the molecule is NCC1CCC(C(=O)Cc2cc(F)cc(Br)c2)O1. The molecule has 2 unspecified atom stereocenters. The Hall–Kier alpha value is -0.780. The third-order valence-corrected chi connectivity index (χ3v) is 3.49. The second kappa shape index (κ2) is 5.91. The van der Waals surface area contributed by atoms with Gasteiger partial charge in [0.2, 0.25) is 0 Å². The Morgan fingerprint density at radius 3 is 2.83 bits per heavy atom. The first-order chi connectivity index (χ1) is 8.58. The Labute approximate surface area is 114 Å². The predicted molar refractivity (Wildman–Crippen MR) is 69.8 cm³/mol. The van der Waals surface area contributed by atoms with Gasteiger partial charge in [-0.25, -0.2) is 4.39 Å². The molecule has 1 aliphatic rings. The molecule has 1 saturated heterocycles. The minimum atomic E-state index is -0.388. The molecule has 5 heteroatoms. The van der Waals surface area contributed by atoms with Crippen LogP contribution in [0.1, 0.15) is 18.4 Å². The van der Waals surface area contributed by atoms with Gasteiger partial charge in [0.15, 0.2) is 5.78 Å². The van der Waals surface area contributed by atoms with Gasteiger partial charge in [-0.1, -0.05) is 15.9 Å². The Balaban J connectivity index is 1.99. The van der Waals surface area contributed by atoms with Gasteiger partial charge < -0.3 is 10.5 Å². The van der Waals surface area contributed by atoms with Crippen LogP contribution < -0.4 is 5.73 Å². The minimum Gasteiger partial charge on any atom is -0.366 e. The van der Waals surface area contributed by atoms with Crippen molar-refractivity contribution in [2.24, 2.45) is 5.73 Å². The zero-order chi connectivity index (χ0) is 13.1. The number of hydrogen-bond donors (Lipinski definition) is 1. The van der Waals surface area contributed by atoms with Gasteiger partial charge in [-0.2, -0.15) is 0 Å². The Morgan fingerprint density at radius 1 is 1.44 bits per heavy atom. The highest BCUT2D eigenvalue weighted by molar-refractivity contribution is 9.10. The van der Waals surface area contributed by atoms with Crippen LogP contribution in [-0.2, 0) is 16.0 Å². The molecule has 98 valence electrons. The number of hydrogen-bond acceptors (Lipinski definition) is 3. The number of ketones is 1. The summed E-state index contributed by atoms with van der Waals surface area (Å²) >= 11 is 3.21. The number of carbonyl (C=O) groups excluding carboxylic acids is 1. The lowest BCUT2D eigenvalue weighted by Crippen LogP contribution is -2.26. The molecule has 0 aliphatic carbocycles. The van der Waals surface area contributed by atoms with Gasteiger partial charge in [0, 0.05) is 17.4 Å². The van der Waals surface area contributed by atoms with Crippen molar-refractivity contribution in [3.8, 4) is 0 Å². The van der Waals surface area contributed by atoms with Crippen LogP contribution in [0.15, 0.2) is 22.7 Å². The lowest BCUT2D eigenvalue weighted by molar-refractivity contribution is -0.128. The average Bonchev–Trinajstić information content (AvgIpc) is 2.75. The van der Waals surface area contributed by atoms with Crippen molar-refractivity contribution in [2.75, 3.05) is 6.54 Å². The van der Waals surface area contributed by atoms with Crippen LogP contribution >= 0.6 is 15.9 Å². The number of Topliss-reactive ketones (excluding diaryl/α,β-unsaturated/α-hetero) is 1. The van der Waals surface area contributed by atoms with E-state index in [1.54, 1.807) is 6.07 Å². The van der Waals surface area contributed by atoms with E-state index < -0.39 is 0 Å². The van der Waals surface area contributed by atoms with Crippen LogP contribution in [0.3, 0.4) is 0 Å². The molecule has 0 radical (unpaired) electrons. The third kappa shape index (κ3) is 3.37. The van der Waals surface area contributed by atoms with Crippen LogP contribution in [0, 0.1) is 5.82 Å². The van der Waals surface area contributed by atoms with E-state index in [-0.39, 0.29) is 30.2 Å². The van der Waals surface area contributed by atoms with E-state index in [9.17, 15) is 9.18 Å². The van der Waals surface area contributed by atoms with Gasteiger partial charge in [0.05, 0.1) is 6.10 Å². The summed E-state index contributed by atoms with van der Waals surface area (Å²) < 4.78 is 19.3. The molecule has 3 nitrogen and oxygen atoms in total. The fourth-order valence-corrected chi connectivity index (χ4v) is 2.66. The van der Waals surface area contributed by atoms with Crippen molar-refractivity contribution in [3.05, 3.63) is 34.1 Å². The van der Waals surface area contributed by atoms with E-state index in [0.29, 0.717) is 23.0 Å². The van der Waals surface area contributed by atoms with Crippen LogP contribution in [-0.4, -0.2) is 24.5 Å².